The first kappa shape index (κ1) is 24.6. The Hall–Kier alpha value is -2.99. The number of carbonyl (C=O) groups excluding carboxylic acids is 2. The van der Waals surface area contributed by atoms with Crippen molar-refractivity contribution < 1.29 is 14.0 Å². The van der Waals surface area contributed by atoms with Crippen LogP contribution in [0.4, 0.5) is 4.39 Å². The van der Waals surface area contributed by atoms with E-state index < -0.39 is 0 Å². The van der Waals surface area contributed by atoms with Gasteiger partial charge in [0, 0.05) is 28.8 Å². The topological polar surface area (TPSA) is 40.6 Å². The van der Waals surface area contributed by atoms with E-state index in [9.17, 15) is 14.0 Å². The summed E-state index contributed by atoms with van der Waals surface area (Å²) in [5.41, 5.74) is 1.96. The Bertz CT molecular complexity index is 1050. The molecule has 0 unspecified atom stereocenters. The molecule has 6 heteroatoms. The van der Waals surface area contributed by atoms with Crippen LogP contribution in [-0.2, 0) is 29.1 Å². The molecule has 4 nitrogen and oxygen atoms in total. The predicted molar refractivity (Wildman–Crippen MR) is 131 cm³/mol. The predicted octanol–water partition coefficient (Wildman–Crippen LogP) is 5.59. The zero-order chi connectivity index (χ0) is 23.8. The molecule has 1 heterocycles. The third-order valence-electron chi connectivity index (χ3n) is 5.50. The van der Waals surface area contributed by atoms with Crippen LogP contribution in [0.25, 0.3) is 0 Å². The van der Waals surface area contributed by atoms with Gasteiger partial charge in [0.1, 0.15) is 5.82 Å². The van der Waals surface area contributed by atoms with Crippen molar-refractivity contribution in [2.24, 2.45) is 0 Å². The number of rotatable bonds is 10. The molecule has 0 aliphatic carbocycles. The molecular weight excluding hydrogens is 435 g/mol. The Balaban J connectivity index is 1.71. The van der Waals surface area contributed by atoms with Gasteiger partial charge < -0.3 is 9.80 Å². The lowest BCUT2D eigenvalue weighted by Gasteiger charge is -2.30. The molecule has 0 atom stereocenters. The van der Waals surface area contributed by atoms with Gasteiger partial charge in [-0.25, -0.2) is 4.39 Å². The highest BCUT2D eigenvalue weighted by Gasteiger charge is 2.24. The Morgan fingerprint density at radius 1 is 0.879 bits per heavy atom. The molecule has 33 heavy (non-hydrogen) atoms. The molecule has 0 fully saturated rings. The number of aryl methyl sites for hydroxylation is 2. The van der Waals surface area contributed by atoms with E-state index in [1.54, 1.807) is 33.3 Å². The van der Waals surface area contributed by atoms with Crippen LogP contribution in [0.2, 0.25) is 0 Å². The molecule has 3 aromatic rings. The third-order valence-corrected chi connectivity index (χ3v) is 6.49. The molecule has 0 aliphatic heterocycles. The average Bonchev–Trinajstić information content (AvgIpc) is 3.21. The maximum atomic E-state index is 13.4. The largest absolute Gasteiger partial charge is 0.332 e. The highest BCUT2D eigenvalue weighted by atomic mass is 32.1. The SMILES string of the molecule is Cc1ccc(CN(Cc2ccc(F)cc2)C(=O)CN(C(=O)CCc2ccccc2)C(C)C)s1. The van der Waals surface area contributed by atoms with Crippen LogP contribution in [0.15, 0.2) is 66.7 Å². The molecule has 0 saturated heterocycles. The number of thiophene rings is 1. The van der Waals surface area contributed by atoms with Crippen molar-refractivity contribution in [2.75, 3.05) is 6.54 Å². The smallest absolute Gasteiger partial charge is 0.242 e. The second-order valence-electron chi connectivity index (χ2n) is 8.49. The molecule has 0 saturated carbocycles. The molecule has 0 spiro atoms. The van der Waals surface area contributed by atoms with Crippen LogP contribution in [-0.4, -0.2) is 34.2 Å². The average molecular weight is 467 g/mol. The molecule has 1 aromatic heterocycles. The number of hydrogen-bond donors (Lipinski definition) is 0. The van der Waals surface area contributed by atoms with Crippen molar-refractivity contribution in [1.29, 1.82) is 0 Å². The fourth-order valence-electron chi connectivity index (χ4n) is 3.64. The minimum absolute atomic E-state index is 0.0246. The van der Waals surface area contributed by atoms with Gasteiger partial charge >= 0.3 is 0 Å². The van der Waals surface area contributed by atoms with Crippen molar-refractivity contribution in [3.8, 4) is 0 Å². The Morgan fingerprint density at radius 3 is 2.18 bits per heavy atom. The van der Waals surface area contributed by atoms with E-state index in [0.29, 0.717) is 25.9 Å². The van der Waals surface area contributed by atoms with Gasteiger partial charge in [0.15, 0.2) is 0 Å². The second-order valence-corrected chi connectivity index (χ2v) is 9.86. The Labute approximate surface area is 199 Å². The number of carbonyl (C=O) groups is 2. The standard InChI is InChI=1S/C27H31FN2O2S/c1-20(2)30(26(31)16-12-22-7-5-4-6-8-22)19-27(32)29(18-25-15-9-21(3)33-25)17-23-10-13-24(28)14-11-23/h4-11,13-15,20H,12,16-19H2,1-3H3. The van der Waals surface area contributed by atoms with Gasteiger partial charge in [0.05, 0.1) is 13.1 Å². The zero-order valence-corrected chi connectivity index (χ0v) is 20.3. The van der Waals surface area contributed by atoms with Crippen molar-refractivity contribution in [3.05, 3.63) is 93.4 Å². The van der Waals surface area contributed by atoms with Crippen LogP contribution >= 0.6 is 11.3 Å². The van der Waals surface area contributed by atoms with E-state index >= 15 is 0 Å². The Kier molecular flexibility index (Phi) is 8.78. The fourth-order valence-corrected chi connectivity index (χ4v) is 4.55. The third kappa shape index (κ3) is 7.53. The van der Waals surface area contributed by atoms with E-state index in [2.05, 4.69) is 0 Å². The van der Waals surface area contributed by atoms with Gasteiger partial charge in [-0.1, -0.05) is 42.5 Å². The molecule has 0 bridgehead atoms. The van der Waals surface area contributed by atoms with Crippen LogP contribution in [0, 0.1) is 12.7 Å². The van der Waals surface area contributed by atoms with Crippen molar-refractivity contribution in [3.63, 3.8) is 0 Å². The van der Waals surface area contributed by atoms with Gasteiger partial charge in [-0.15, -0.1) is 11.3 Å². The van der Waals surface area contributed by atoms with Crippen LogP contribution in [0.5, 0.6) is 0 Å². The van der Waals surface area contributed by atoms with Crippen molar-refractivity contribution in [2.45, 2.75) is 52.7 Å². The van der Waals surface area contributed by atoms with E-state index in [1.807, 2.05) is 63.2 Å². The van der Waals surface area contributed by atoms with Gasteiger partial charge in [-0.3, -0.25) is 9.59 Å². The summed E-state index contributed by atoms with van der Waals surface area (Å²) < 4.78 is 13.4. The summed E-state index contributed by atoms with van der Waals surface area (Å²) in [5.74, 6) is -0.455. The lowest BCUT2D eigenvalue weighted by Crippen LogP contribution is -2.45. The normalized spacial score (nSPS) is 10.9. The molecule has 2 aromatic carbocycles. The number of nitrogens with zero attached hydrogens (tertiary/aromatic N) is 2. The monoisotopic (exact) mass is 466 g/mol. The molecule has 3 rings (SSSR count). The fraction of sp³-hybridized carbons (Fsp3) is 0.333. The van der Waals surface area contributed by atoms with Gasteiger partial charge in [-0.2, -0.15) is 0 Å². The number of amides is 2. The van der Waals surface area contributed by atoms with Gasteiger partial charge in [0.25, 0.3) is 0 Å². The van der Waals surface area contributed by atoms with Crippen LogP contribution < -0.4 is 0 Å². The summed E-state index contributed by atoms with van der Waals surface area (Å²) in [6.07, 6.45) is 1.00. The molecule has 0 aliphatic rings. The lowest BCUT2D eigenvalue weighted by atomic mass is 10.1. The van der Waals surface area contributed by atoms with E-state index in [4.69, 9.17) is 0 Å². The minimum Gasteiger partial charge on any atom is -0.332 e. The highest BCUT2D eigenvalue weighted by molar-refractivity contribution is 7.11. The summed E-state index contributed by atoms with van der Waals surface area (Å²) in [5, 5.41) is 0. The zero-order valence-electron chi connectivity index (χ0n) is 19.5. The molecule has 0 N–H and O–H groups in total. The van der Waals surface area contributed by atoms with Crippen LogP contribution in [0.3, 0.4) is 0 Å². The number of benzene rings is 2. The summed E-state index contributed by atoms with van der Waals surface area (Å²) in [7, 11) is 0. The molecule has 2 amide bonds. The second kappa shape index (κ2) is 11.8. The number of halogens is 1. The van der Waals surface area contributed by atoms with Gasteiger partial charge in [-0.05, 0) is 62.6 Å². The summed E-state index contributed by atoms with van der Waals surface area (Å²) in [6.45, 7) is 6.74. The summed E-state index contributed by atoms with van der Waals surface area (Å²) >= 11 is 1.65. The first-order chi connectivity index (χ1) is 15.8. The van der Waals surface area contributed by atoms with Crippen LogP contribution in [0.1, 0.15) is 41.1 Å². The Morgan fingerprint density at radius 2 is 1.58 bits per heavy atom. The molecule has 174 valence electrons. The van der Waals surface area contributed by atoms with E-state index in [0.717, 1.165) is 16.0 Å². The first-order valence-electron chi connectivity index (χ1n) is 11.2. The summed E-state index contributed by atoms with van der Waals surface area (Å²) in [6, 6.07) is 20.1. The van der Waals surface area contributed by atoms with Gasteiger partial charge in [0.2, 0.25) is 11.8 Å². The van der Waals surface area contributed by atoms with Crippen molar-refractivity contribution >= 4 is 23.2 Å². The number of hydrogen-bond acceptors (Lipinski definition) is 3. The molecular formula is C27H31FN2O2S. The highest BCUT2D eigenvalue weighted by Crippen LogP contribution is 2.19. The first-order valence-corrected chi connectivity index (χ1v) is 12.0. The minimum atomic E-state index is -0.305. The maximum Gasteiger partial charge on any atom is 0.242 e. The van der Waals surface area contributed by atoms with E-state index in [1.165, 1.54) is 17.0 Å². The van der Waals surface area contributed by atoms with E-state index in [-0.39, 0.29) is 30.2 Å². The maximum absolute atomic E-state index is 13.4. The lowest BCUT2D eigenvalue weighted by molar-refractivity contribution is -0.142. The van der Waals surface area contributed by atoms with Crippen molar-refractivity contribution in [1.82, 2.24) is 9.80 Å². The summed E-state index contributed by atoms with van der Waals surface area (Å²) in [4.78, 5) is 32.0. The quantitative estimate of drug-likeness (QED) is 0.391. The molecule has 0 radical (unpaired) electrons.